The topological polar surface area (TPSA) is 28.2 Å². The first-order chi connectivity index (χ1) is 10.0. The molecule has 0 saturated heterocycles. The Morgan fingerprint density at radius 3 is 2.38 bits per heavy atom. The second kappa shape index (κ2) is 9.04. The number of nitrogens with one attached hydrogen (secondary N) is 1. The minimum Gasteiger partial charge on any atom is -0.354 e. The Kier molecular flexibility index (Phi) is 7.73. The third-order valence-corrected chi connectivity index (χ3v) is 4.00. The van der Waals surface area contributed by atoms with Crippen LogP contribution in [0.3, 0.4) is 0 Å². The summed E-state index contributed by atoms with van der Waals surface area (Å²) in [6.07, 6.45) is 2.31. The smallest absolute Gasteiger partial charge is 0.129 e. The summed E-state index contributed by atoms with van der Waals surface area (Å²) in [6.45, 7) is 16.4. The SMILES string of the molecule is CCCNCc1cc(C(C)C)nc(N(CC)C(C)CC)c1. The summed E-state index contributed by atoms with van der Waals surface area (Å²) >= 11 is 0. The third kappa shape index (κ3) is 5.31. The zero-order valence-electron chi connectivity index (χ0n) is 14.7. The molecule has 3 nitrogen and oxygen atoms in total. The Balaban J connectivity index is 3.05. The van der Waals surface area contributed by atoms with Crippen LogP contribution < -0.4 is 10.2 Å². The fraction of sp³-hybridized carbons (Fsp3) is 0.722. The second-order valence-electron chi connectivity index (χ2n) is 6.13. The van der Waals surface area contributed by atoms with Gasteiger partial charge in [-0.05, 0) is 56.8 Å². The molecule has 120 valence electrons. The minimum atomic E-state index is 0.463. The predicted octanol–water partition coefficient (Wildman–Crippen LogP) is 4.33. The molecule has 3 heteroatoms. The van der Waals surface area contributed by atoms with Gasteiger partial charge in [0, 0.05) is 24.8 Å². The Labute approximate surface area is 131 Å². The lowest BCUT2D eigenvalue weighted by Crippen LogP contribution is -2.33. The minimum absolute atomic E-state index is 0.463. The third-order valence-electron chi connectivity index (χ3n) is 4.00. The van der Waals surface area contributed by atoms with Crippen LogP contribution in [0.1, 0.15) is 71.6 Å². The van der Waals surface area contributed by atoms with Crippen molar-refractivity contribution in [1.29, 1.82) is 0 Å². The zero-order valence-corrected chi connectivity index (χ0v) is 14.7. The van der Waals surface area contributed by atoms with Gasteiger partial charge >= 0.3 is 0 Å². The molecule has 0 bridgehead atoms. The standard InChI is InChI=1S/C18H33N3/c1-7-10-19-13-16-11-17(14(4)5)20-18(12-16)21(9-3)15(6)8-2/h11-12,14-15,19H,7-10,13H2,1-6H3. The summed E-state index contributed by atoms with van der Waals surface area (Å²) in [5.74, 6) is 1.59. The van der Waals surface area contributed by atoms with E-state index in [2.05, 4.69) is 63.9 Å². The van der Waals surface area contributed by atoms with Crippen LogP contribution in [0.2, 0.25) is 0 Å². The monoisotopic (exact) mass is 291 g/mol. The van der Waals surface area contributed by atoms with Crippen LogP contribution in [0.4, 0.5) is 5.82 Å². The maximum Gasteiger partial charge on any atom is 0.129 e. The van der Waals surface area contributed by atoms with Gasteiger partial charge < -0.3 is 10.2 Å². The first kappa shape index (κ1) is 18.0. The average molecular weight is 291 g/mol. The van der Waals surface area contributed by atoms with Crippen LogP contribution in [0.15, 0.2) is 12.1 Å². The van der Waals surface area contributed by atoms with Gasteiger partial charge in [0.1, 0.15) is 5.82 Å². The van der Waals surface area contributed by atoms with E-state index in [0.717, 1.165) is 31.9 Å². The average Bonchev–Trinajstić information content (AvgIpc) is 2.47. The molecule has 21 heavy (non-hydrogen) atoms. The molecule has 0 aliphatic carbocycles. The van der Waals surface area contributed by atoms with Crippen LogP contribution in [0.5, 0.6) is 0 Å². The van der Waals surface area contributed by atoms with E-state index in [9.17, 15) is 0 Å². The molecule has 1 N–H and O–H groups in total. The van der Waals surface area contributed by atoms with Gasteiger partial charge in [0.2, 0.25) is 0 Å². The van der Waals surface area contributed by atoms with Crippen molar-refractivity contribution >= 4 is 5.82 Å². The van der Waals surface area contributed by atoms with Crippen molar-refractivity contribution in [1.82, 2.24) is 10.3 Å². The van der Waals surface area contributed by atoms with Crippen molar-refractivity contribution in [2.24, 2.45) is 0 Å². The molecule has 0 amide bonds. The van der Waals surface area contributed by atoms with Crippen molar-refractivity contribution < 1.29 is 0 Å². The van der Waals surface area contributed by atoms with Gasteiger partial charge in [-0.15, -0.1) is 0 Å². The van der Waals surface area contributed by atoms with Gasteiger partial charge in [0.25, 0.3) is 0 Å². The summed E-state index contributed by atoms with van der Waals surface area (Å²) in [5.41, 5.74) is 2.54. The molecule has 1 unspecified atom stereocenters. The molecular weight excluding hydrogens is 258 g/mol. The number of aromatic nitrogens is 1. The summed E-state index contributed by atoms with van der Waals surface area (Å²) in [6, 6.07) is 5.03. The van der Waals surface area contributed by atoms with E-state index in [0.29, 0.717) is 12.0 Å². The van der Waals surface area contributed by atoms with Crippen LogP contribution >= 0.6 is 0 Å². The highest BCUT2D eigenvalue weighted by Gasteiger charge is 2.15. The number of hydrogen-bond donors (Lipinski definition) is 1. The fourth-order valence-corrected chi connectivity index (χ4v) is 2.47. The van der Waals surface area contributed by atoms with Gasteiger partial charge in [0.05, 0.1) is 0 Å². The van der Waals surface area contributed by atoms with Crippen LogP contribution in [0.25, 0.3) is 0 Å². The number of hydrogen-bond acceptors (Lipinski definition) is 3. The highest BCUT2D eigenvalue weighted by atomic mass is 15.2. The Hall–Kier alpha value is -1.09. The van der Waals surface area contributed by atoms with Gasteiger partial charge in [-0.1, -0.05) is 27.7 Å². The molecule has 0 aromatic carbocycles. The first-order valence-corrected chi connectivity index (χ1v) is 8.51. The Bertz CT molecular complexity index is 415. The van der Waals surface area contributed by atoms with E-state index in [1.807, 2.05) is 0 Å². The number of pyridine rings is 1. The second-order valence-corrected chi connectivity index (χ2v) is 6.13. The van der Waals surface area contributed by atoms with Crippen LogP contribution in [-0.2, 0) is 6.54 Å². The van der Waals surface area contributed by atoms with E-state index in [4.69, 9.17) is 4.98 Å². The van der Waals surface area contributed by atoms with E-state index in [-0.39, 0.29) is 0 Å². The summed E-state index contributed by atoms with van der Waals surface area (Å²) in [7, 11) is 0. The van der Waals surface area contributed by atoms with Crippen molar-refractivity contribution in [2.75, 3.05) is 18.0 Å². The number of anilines is 1. The van der Waals surface area contributed by atoms with Crippen molar-refractivity contribution in [3.63, 3.8) is 0 Å². The van der Waals surface area contributed by atoms with E-state index in [1.54, 1.807) is 0 Å². The zero-order chi connectivity index (χ0) is 15.8. The van der Waals surface area contributed by atoms with Gasteiger partial charge in [-0.25, -0.2) is 4.98 Å². The highest BCUT2D eigenvalue weighted by molar-refractivity contribution is 5.44. The van der Waals surface area contributed by atoms with E-state index >= 15 is 0 Å². The molecule has 0 radical (unpaired) electrons. The molecule has 1 aromatic rings. The molecule has 1 rings (SSSR count). The normalized spacial score (nSPS) is 12.7. The highest BCUT2D eigenvalue weighted by Crippen LogP contribution is 2.22. The number of rotatable bonds is 9. The largest absolute Gasteiger partial charge is 0.354 e. The Morgan fingerprint density at radius 2 is 1.86 bits per heavy atom. The predicted molar refractivity (Wildman–Crippen MR) is 93.1 cm³/mol. The van der Waals surface area contributed by atoms with E-state index < -0.39 is 0 Å². The molecule has 1 heterocycles. The molecule has 1 aromatic heterocycles. The van der Waals surface area contributed by atoms with Gasteiger partial charge in [-0.3, -0.25) is 0 Å². The Morgan fingerprint density at radius 1 is 1.14 bits per heavy atom. The molecule has 0 spiro atoms. The summed E-state index contributed by atoms with van der Waals surface area (Å²) in [4.78, 5) is 7.31. The van der Waals surface area contributed by atoms with Crippen molar-refractivity contribution in [3.8, 4) is 0 Å². The number of nitrogens with zero attached hydrogens (tertiary/aromatic N) is 2. The molecule has 0 aliphatic rings. The van der Waals surface area contributed by atoms with E-state index in [1.165, 1.54) is 17.7 Å². The fourth-order valence-electron chi connectivity index (χ4n) is 2.47. The van der Waals surface area contributed by atoms with Crippen molar-refractivity contribution in [2.45, 2.75) is 72.9 Å². The molecule has 1 atom stereocenters. The van der Waals surface area contributed by atoms with Crippen LogP contribution in [-0.4, -0.2) is 24.1 Å². The lowest BCUT2D eigenvalue weighted by Gasteiger charge is -2.29. The molecular formula is C18H33N3. The van der Waals surface area contributed by atoms with Crippen LogP contribution in [0, 0.1) is 0 Å². The van der Waals surface area contributed by atoms with Crippen molar-refractivity contribution in [3.05, 3.63) is 23.4 Å². The lowest BCUT2D eigenvalue weighted by molar-refractivity contribution is 0.618. The first-order valence-electron chi connectivity index (χ1n) is 8.51. The molecule has 0 fully saturated rings. The molecule has 0 saturated carbocycles. The maximum absolute atomic E-state index is 4.90. The summed E-state index contributed by atoms with van der Waals surface area (Å²) in [5, 5.41) is 3.50. The summed E-state index contributed by atoms with van der Waals surface area (Å²) < 4.78 is 0. The lowest BCUT2D eigenvalue weighted by atomic mass is 10.1. The quantitative estimate of drug-likeness (QED) is 0.686. The van der Waals surface area contributed by atoms with Gasteiger partial charge in [-0.2, -0.15) is 0 Å². The maximum atomic E-state index is 4.90. The molecule has 0 aliphatic heterocycles. The van der Waals surface area contributed by atoms with Gasteiger partial charge in [0.15, 0.2) is 0 Å².